The summed E-state index contributed by atoms with van der Waals surface area (Å²) >= 11 is 7.04. The first-order valence-corrected chi connectivity index (χ1v) is 10.6. The number of carbonyl (C=O) groups is 1. The van der Waals surface area contributed by atoms with Gasteiger partial charge in [0.05, 0.1) is 16.0 Å². The van der Waals surface area contributed by atoms with Crippen LogP contribution < -0.4 is 11.2 Å². The molecule has 31 heavy (non-hydrogen) atoms. The second-order valence-corrected chi connectivity index (χ2v) is 8.39. The molecule has 0 saturated carbocycles. The van der Waals surface area contributed by atoms with Crippen molar-refractivity contribution >= 4 is 29.6 Å². The Morgan fingerprint density at radius 3 is 2.23 bits per heavy atom. The maximum atomic E-state index is 14.5. The van der Waals surface area contributed by atoms with Gasteiger partial charge in [0.2, 0.25) is 0 Å². The number of halogens is 5. The molecule has 1 atom stereocenters. The minimum atomic E-state index is -4.93. The zero-order chi connectivity index (χ0) is 24.1. The van der Waals surface area contributed by atoms with Crippen LogP contribution in [0.25, 0.3) is 5.69 Å². The minimum Gasteiger partial charge on any atom is -0.302 e. The lowest BCUT2D eigenvalue weighted by Gasteiger charge is -2.17. The third-order valence-corrected chi connectivity index (χ3v) is 5.61. The standard InChI is InChI=1S/C18H17ClF4N2O3S.C2H6/c1-9(2)4-10(8-26)29-14-6-13(12(20)5-11(14)19)25-16(27)7-15(18(21,22)23)24(3)17(25)28;1-2/h5-10H,4H2,1-3H3;1-2H3. The summed E-state index contributed by atoms with van der Waals surface area (Å²) in [6.45, 7) is 7.81. The molecule has 0 N–H and O–H groups in total. The Morgan fingerprint density at radius 2 is 1.74 bits per heavy atom. The van der Waals surface area contributed by atoms with Gasteiger partial charge in [0.15, 0.2) is 0 Å². The van der Waals surface area contributed by atoms with Crippen LogP contribution in [-0.2, 0) is 18.0 Å². The van der Waals surface area contributed by atoms with Crippen LogP contribution in [0.15, 0.2) is 32.7 Å². The molecular formula is C20H23ClF4N2O3S. The summed E-state index contributed by atoms with van der Waals surface area (Å²) in [5.74, 6) is -0.883. The lowest BCUT2D eigenvalue weighted by molar-refractivity contribution is -0.144. The van der Waals surface area contributed by atoms with E-state index in [1.54, 1.807) is 0 Å². The second-order valence-electron chi connectivity index (χ2n) is 6.70. The quantitative estimate of drug-likeness (QED) is 0.327. The number of hydrogen-bond donors (Lipinski definition) is 0. The molecule has 11 heteroatoms. The number of benzene rings is 1. The zero-order valence-corrected chi connectivity index (χ0v) is 19.2. The predicted octanol–water partition coefficient (Wildman–Crippen LogP) is 5.08. The second kappa shape index (κ2) is 11.0. The van der Waals surface area contributed by atoms with E-state index in [0.717, 1.165) is 30.9 Å². The van der Waals surface area contributed by atoms with Crippen LogP contribution in [0.1, 0.15) is 39.8 Å². The summed E-state index contributed by atoms with van der Waals surface area (Å²) < 4.78 is 54.0. The molecule has 0 spiro atoms. The van der Waals surface area contributed by atoms with E-state index in [1.807, 2.05) is 27.7 Å². The molecule has 0 aliphatic heterocycles. The minimum absolute atomic E-state index is 0.0522. The maximum Gasteiger partial charge on any atom is 0.431 e. The Kier molecular flexibility index (Phi) is 9.56. The fraction of sp³-hybridized carbons (Fsp3) is 0.450. The van der Waals surface area contributed by atoms with Crippen LogP contribution in [0.4, 0.5) is 17.6 Å². The summed E-state index contributed by atoms with van der Waals surface area (Å²) in [6, 6.07) is 2.14. The van der Waals surface area contributed by atoms with Gasteiger partial charge in [0.1, 0.15) is 17.8 Å². The van der Waals surface area contributed by atoms with Gasteiger partial charge >= 0.3 is 11.9 Å². The number of rotatable bonds is 6. The van der Waals surface area contributed by atoms with Gasteiger partial charge in [-0.15, -0.1) is 11.8 Å². The summed E-state index contributed by atoms with van der Waals surface area (Å²) in [5, 5.41) is -0.568. The van der Waals surface area contributed by atoms with Crippen molar-refractivity contribution in [1.82, 2.24) is 9.13 Å². The van der Waals surface area contributed by atoms with Crippen molar-refractivity contribution in [3.63, 3.8) is 0 Å². The van der Waals surface area contributed by atoms with E-state index < -0.39 is 39.9 Å². The van der Waals surface area contributed by atoms with Gasteiger partial charge in [-0.3, -0.25) is 9.36 Å². The molecule has 0 radical (unpaired) electrons. The van der Waals surface area contributed by atoms with Crippen molar-refractivity contribution in [2.75, 3.05) is 0 Å². The Hall–Kier alpha value is -2.07. The summed E-state index contributed by atoms with van der Waals surface area (Å²) in [7, 11) is 0.829. The molecule has 1 aromatic heterocycles. The van der Waals surface area contributed by atoms with E-state index in [9.17, 15) is 31.9 Å². The molecule has 0 aliphatic rings. The predicted molar refractivity (Wildman–Crippen MR) is 114 cm³/mol. The van der Waals surface area contributed by atoms with Crippen LogP contribution in [0.3, 0.4) is 0 Å². The van der Waals surface area contributed by atoms with Crippen LogP contribution in [0, 0.1) is 11.7 Å². The van der Waals surface area contributed by atoms with Gasteiger partial charge in [-0.1, -0.05) is 39.3 Å². The fourth-order valence-electron chi connectivity index (χ4n) is 2.66. The van der Waals surface area contributed by atoms with Gasteiger partial charge in [0, 0.05) is 18.0 Å². The molecule has 0 bridgehead atoms. The van der Waals surface area contributed by atoms with Crippen LogP contribution in [-0.4, -0.2) is 20.7 Å². The third kappa shape index (κ3) is 6.46. The number of carbonyl (C=O) groups excluding carboxylic acids is 1. The van der Waals surface area contributed by atoms with E-state index >= 15 is 0 Å². The Bertz CT molecular complexity index is 1050. The first kappa shape index (κ1) is 27.0. The van der Waals surface area contributed by atoms with E-state index in [0.29, 0.717) is 17.3 Å². The molecule has 1 unspecified atom stereocenters. The lowest BCUT2D eigenvalue weighted by Crippen LogP contribution is -2.41. The first-order chi connectivity index (χ1) is 14.4. The topological polar surface area (TPSA) is 61.1 Å². The van der Waals surface area contributed by atoms with Crippen molar-refractivity contribution in [2.24, 2.45) is 13.0 Å². The number of aromatic nitrogens is 2. The Labute approximate surface area is 186 Å². The number of hydrogen-bond acceptors (Lipinski definition) is 4. The normalized spacial score (nSPS) is 12.4. The highest BCUT2D eigenvalue weighted by atomic mass is 35.5. The number of thioether (sulfide) groups is 1. The smallest absolute Gasteiger partial charge is 0.302 e. The summed E-state index contributed by atoms with van der Waals surface area (Å²) in [4.78, 5) is 36.1. The largest absolute Gasteiger partial charge is 0.431 e. The highest BCUT2D eigenvalue weighted by Gasteiger charge is 2.35. The Balaban J connectivity index is 0.00000233. The number of alkyl halides is 3. The van der Waals surface area contributed by atoms with Gasteiger partial charge in [-0.25, -0.2) is 13.8 Å². The third-order valence-electron chi connectivity index (χ3n) is 3.99. The lowest BCUT2D eigenvalue weighted by atomic mass is 10.1. The van der Waals surface area contributed by atoms with Crippen LogP contribution >= 0.6 is 23.4 Å². The SMILES string of the molecule is CC.CC(C)CC(C=O)Sc1cc(-n2c(=O)cc(C(F)(F)F)n(C)c2=O)c(F)cc1Cl. The molecule has 1 heterocycles. The highest BCUT2D eigenvalue weighted by molar-refractivity contribution is 8.00. The molecule has 1 aromatic carbocycles. The van der Waals surface area contributed by atoms with Gasteiger partial charge in [-0.05, 0) is 24.5 Å². The fourth-order valence-corrected chi connectivity index (χ4v) is 4.16. The number of nitrogens with zero attached hydrogens (tertiary/aromatic N) is 2. The molecule has 0 aliphatic carbocycles. The zero-order valence-electron chi connectivity index (χ0n) is 17.6. The average molecular weight is 483 g/mol. The highest BCUT2D eigenvalue weighted by Crippen LogP contribution is 2.35. The first-order valence-electron chi connectivity index (χ1n) is 9.38. The molecular weight excluding hydrogens is 460 g/mol. The van der Waals surface area contributed by atoms with Crippen molar-refractivity contribution < 1.29 is 22.4 Å². The van der Waals surface area contributed by atoms with Crippen molar-refractivity contribution in [3.05, 3.63) is 55.6 Å². The van der Waals surface area contributed by atoms with E-state index in [4.69, 9.17) is 11.6 Å². The summed E-state index contributed by atoms with van der Waals surface area (Å²) in [6.07, 6.45) is -3.73. The van der Waals surface area contributed by atoms with Crippen LogP contribution in [0.5, 0.6) is 0 Å². The Morgan fingerprint density at radius 1 is 1.16 bits per heavy atom. The van der Waals surface area contributed by atoms with E-state index in [-0.39, 0.29) is 26.5 Å². The monoisotopic (exact) mass is 482 g/mol. The van der Waals surface area contributed by atoms with Crippen LogP contribution in [0.2, 0.25) is 5.02 Å². The van der Waals surface area contributed by atoms with Crippen molar-refractivity contribution in [2.45, 2.75) is 50.4 Å². The van der Waals surface area contributed by atoms with Crippen molar-refractivity contribution in [3.8, 4) is 5.69 Å². The maximum absolute atomic E-state index is 14.5. The molecule has 2 rings (SSSR count). The molecule has 2 aromatic rings. The molecule has 0 fully saturated rings. The van der Waals surface area contributed by atoms with Crippen molar-refractivity contribution in [1.29, 1.82) is 0 Å². The molecule has 0 saturated heterocycles. The molecule has 172 valence electrons. The number of aldehydes is 1. The molecule has 5 nitrogen and oxygen atoms in total. The van der Waals surface area contributed by atoms with Gasteiger partial charge < -0.3 is 4.79 Å². The van der Waals surface area contributed by atoms with Gasteiger partial charge in [0.25, 0.3) is 5.56 Å². The summed E-state index contributed by atoms with van der Waals surface area (Å²) in [5.41, 5.74) is -4.71. The van der Waals surface area contributed by atoms with Gasteiger partial charge in [-0.2, -0.15) is 13.2 Å². The molecule has 0 amide bonds. The van der Waals surface area contributed by atoms with E-state index in [1.165, 1.54) is 0 Å². The van der Waals surface area contributed by atoms with E-state index in [2.05, 4.69) is 0 Å². The average Bonchev–Trinajstić information content (AvgIpc) is 2.67.